The molecule has 1 aliphatic rings. The zero-order valence-corrected chi connectivity index (χ0v) is 12.9. The number of benzene rings is 1. The van der Waals surface area contributed by atoms with Crippen molar-refractivity contribution in [3.63, 3.8) is 0 Å². The van der Waals surface area contributed by atoms with Crippen molar-refractivity contribution in [2.24, 2.45) is 5.41 Å². The Morgan fingerprint density at radius 2 is 2.29 bits per heavy atom. The third-order valence-electron chi connectivity index (χ3n) is 4.09. The second-order valence-corrected chi connectivity index (χ2v) is 5.61. The van der Waals surface area contributed by atoms with Gasteiger partial charge in [0.2, 0.25) is 5.91 Å². The van der Waals surface area contributed by atoms with Gasteiger partial charge in [0.15, 0.2) is 0 Å². The average Bonchev–Trinajstić information content (AvgIpc) is 2.97. The minimum Gasteiger partial charge on any atom is -0.497 e. The van der Waals surface area contributed by atoms with E-state index in [4.69, 9.17) is 9.47 Å². The van der Waals surface area contributed by atoms with Crippen molar-refractivity contribution in [1.29, 1.82) is 0 Å². The molecule has 5 heteroatoms. The van der Waals surface area contributed by atoms with Crippen LogP contribution in [0, 0.1) is 5.41 Å². The summed E-state index contributed by atoms with van der Waals surface area (Å²) in [5, 5.41) is 6.35. The maximum absolute atomic E-state index is 12.6. The summed E-state index contributed by atoms with van der Waals surface area (Å²) in [4.78, 5) is 12.6. The number of nitrogens with one attached hydrogen (secondary N) is 2. The Morgan fingerprint density at radius 3 is 2.90 bits per heavy atom. The highest BCUT2D eigenvalue weighted by Crippen LogP contribution is 2.28. The van der Waals surface area contributed by atoms with Gasteiger partial charge in [-0.1, -0.05) is 12.1 Å². The second-order valence-electron chi connectivity index (χ2n) is 5.61. The van der Waals surface area contributed by atoms with Crippen molar-refractivity contribution in [2.45, 2.75) is 19.4 Å². The fourth-order valence-corrected chi connectivity index (χ4v) is 2.75. The first kappa shape index (κ1) is 15.8. The summed E-state index contributed by atoms with van der Waals surface area (Å²) >= 11 is 0. The first-order valence-electron chi connectivity index (χ1n) is 7.26. The van der Waals surface area contributed by atoms with Crippen LogP contribution in [-0.2, 0) is 9.53 Å². The van der Waals surface area contributed by atoms with E-state index < -0.39 is 5.41 Å². The molecular formula is C16H24N2O3. The first-order valence-corrected chi connectivity index (χ1v) is 7.26. The number of amides is 1. The van der Waals surface area contributed by atoms with Crippen LogP contribution < -0.4 is 15.4 Å². The molecule has 1 aliphatic heterocycles. The van der Waals surface area contributed by atoms with Crippen LogP contribution >= 0.6 is 0 Å². The van der Waals surface area contributed by atoms with Crippen molar-refractivity contribution in [1.82, 2.24) is 10.6 Å². The lowest BCUT2D eigenvalue weighted by molar-refractivity contribution is -0.133. The van der Waals surface area contributed by atoms with Crippen LogP contribution in [-0.4, -0.2) is 39.8 Å². The zero-order chi connectivity index (χ0) is 15.3. The van der Waals surface area contributed by atoms with E-state index in [0.717, 1.165) is 24.3 Å². The molecule has 2 rings (SSSR count). The van der Waals surface area contributed by atoms with Gasteiger partial charge in [0.1, 0.15) is 5.75 Å². The van der Waals surface area contributed by atoms with E-state index in [2.05, 4.69) is 10.6 Å². The number of ether oxygens (including phenoxy) is 2. The number of carbonyl (C=O) groups is 1. The lowest BCUT2D eigenvalue weighted by Crippen LogP contribution is -2.46. The van der Waals surface area contributed by atoms with Crippen molar-refractivity contribution < 1.29 is 14.3 Å². The summed E-state index contributed by atoms with van der Waals surface area (Å²) in [6, 6.07) is 7.69. The van der Waals surface area contributed by atoms with Gasteiger partial charge in [0, 0.05) is 13.7 Å². The van der Waals surface area contributed by atoms with Gasteiger partial charge < -0.3 is 20.1 Å². The minimum atomic E-state index is -0.456. The van der Waals surface area contributed by atoms with Gasteiger partial charge in [-0.15, -0.1) is 0 Å². The molecule has 0 aliphatic carbocycles. The van der Waals surface area contributed by atoms with Crippen LogP contribution in [0.5, 0.6) is 5.75 Å². The predicted octanol–water partition coefficient (Wildman–Crippen LogP) is 1.50. The first-order chi connectivity index (χ1) is 10.1. The fraction of sp³-hybridized carbons (Fsp3) is 0.562. The number of carbonyl (C=O) groups excluding carboxylic acids is 1. The fourth-order valence-electron chi connectivity index (χ4n) is 2.75. The summed E-state index contributed by atoms with van der Waals surface area (Å²) in [6.07, 6.45) is 0.803. The molecule has 0 radical (unpaired) electrons. The Labute approximate surface area is 126 Å². The summed E-state index contributed by atoms with van der Waals surface area (Å²) in [5.74, 6) is 0.840. The molecule has 1 amide bonds. The summed E-state index contributed by atoms with van der Waals surface area (Å²) in [6.45, 7) is 3.94. The molecule has 2 unspecified atom stereocenters. The summed E-state index contributed by atoms with van der Waals surface area (Å²) < 4.78 is 10.5. The molecule has 0 aromatic heterocycles. The van der Waals surface area contributed by atoms with Crippen molar-refractivity contribution in [3.8, 4) is 5.75 Å². The van der Waals surface area contributed by atoms with Crippen molar-refractivity contribution in [2.75, 3.05) is 33.9 Å². The van der Waals surface area contributed by atoms with Crippen LogP contribution in [0.25, 0.3) is 0 Å². The molecule has 0 bridgehead atoms. The SMILES string of the molecule is COCC1(C(=O)NC(C)c2cccc(OC)c2)CCNC1. The Morgan fingerprint density at radius 1 is 1.48 bits per heavy atom. The molecule has 0 saturated carbocycles. The Bertz CT molecular complexity index is 484. The third kappa shape index (κ3) is 3.54. The third-order valence-corrected chi connectivity index (χ3v) is 4.09. The molecule has 2 atom stereocenters. The highest BCUT2D eigenvalue weighted by molar-refractivity contribution is 5.83. The van der Waals surface area contributed by atoms with Gasteiger partial charge in [-0.25, -0.2) is 0 Å². The molecule has 21 heavy (non-hydrogen) atoms. The van der Waals surface area contributed by atoms with Crippen LogP contribution in [0.3, 0.4) is 0 Å². The largest absolute Gasteiger partial charge is 0.497 e. The number of hydrogen-bond donors (Lipinski definition) is 2. The lowest BCUT2D eigenvalue weighted by Gasteiger charge is -2.28. The van der Waals surface area contributed by atoms with E-state index in [1.165, 1.54) is 0 Å². The maximum atomic E-state index is 12.6. The summed E-state index contributed by atoms with van der Waals surface area (Å²) in [7, 11) is 3.28. The molecule has 5 nitrogen and oxygen atoms in total. The quantitative estimate of drug-likeness (QED) is 0.834. The van der Waals surface area contributed by atoms with Crippen LogP contribution in [0.4, 0.5) is 0 Å². The standard InChI is InChI=1S/C16H24N2O3/c1-12(13-5-4-6-14(9-13)21-3)18-15(19)16(11-20-2)7-8-17-10-16/h4-6,9,12,17H,7-8,10-11H2,1-3H3,(H,18,19). The number of hydrogen-bond acceptors (Lipinski definition) is 4. The normalized spacial score (nSPS) is 22.8. The van der Waals surface area contributed by atoms with Gasteiger partial charge in [-0.05, 0) is 37.6 Å². The molecule has 116 valence electrons. The molecule has 1 saturated heterocycles. The van der Waals surface area contributed by atoms with Gasteiger partial charge in [-0.2, -0.15) is 0 Å². The van der Waals surface area contributed by atoms with Gasteiger partial charge in [-0.3, -0.25) is 4.79 Å². The average molecular weight is 292 g/mol. The highest BCUT2D eigenvalue weighted by atomic mass is 16.5. The predicted molar refractivity (Wildman–Crippen MR) is 81.3 cm³/mol. The molecular weight excluding hydrogens is 268 g/mol. The van der Waals surface area contributed by atoms with Crippen LogP contribution in [0.15, 0.2) is 24.3 Å². The smallest absolute Gasteiger partial charge is 0.230 e. The van der Waals surface area contributed by atoms with Crippen molar-refractivity contribution >= 4 is 5.91 Å². The summed E-state index contributed by atoms with van der Waals surface area (Å²) in [5.41, 5.74) is 0.572. The van der Waals surface area contributed by atoms with Crippen molar-refractivity contribution in [3.05, 3.63) is 29.8 Å². The molecule has 1 heterocycles. The van der Waals surface area contributed by atoms with E-state index in [-0.39, 0.29) is 11.9 Å². The number of methoxy groups -OCH3 is 2. The Balaban J connectivity index is 2.06. The lowest BCUT2D eigenvalue weighted by atomic mass is 9.86. The molecule has 1 fully saturated rings. The van der Waals surface area contributed by atoms with E-state index in [0.29, 0.717) is 13.2 Å². The maximum Gasteiger partial charge on any atom is 0.230 e. The molecule has 1 aromatic carbocycles. The van der Waals surface area contributed by atoms with Gasteiger partial charge >= 0.3 is 0 Å². The highest BCUT2D eigenvalue weighted by Gasteiger charge is 2.41. The monoisotopic (exact) mass is 292 g/mol. The minimum absolute atomic E-state index is 0.0460. The zero-order valence-electron chi connectivity index (χ0n) is 12.9. The molecule has 1 aromatic rings. The van der Waals surface area contributed by atoms with E-state index in [9.17, 15) is 4.79 Å². The van der Waals surface area contributed by atoms with Crippen LogP contribution in [0.2, 0.25) is 0 Å². The number of rotatable bonds is 6. The van der Waals surface area contributed by atoms with E-state index >= 15 is 0 Å². The molecule has 2 N–H and O–H groups in total. The van der Waals surface area contributed by atoms with Gasteiger partial charge in [0.25, 0.3) is 0 Å². The van der Waals surface area contributed by atoms with Crippen LogP contribution in [0.1, 0.15) is 24.9 Å². The Hall–Kier alpha value is -1.59. The Kier molecular flexibility index (Phi) is 5.20. The van der Waals surface area contributed by atoms with E-state index in [1.54, 1.807) is 14.2 Å². The van der Waals surface area contributed by atoms with E-state index in [1.807, 2.05) is 31.2 Å². The molecule has 0 spiro atoms. The topological polar surface area (TPSA) is 59.6 Å². The van der Waals surface area contributed by atoms with Gasteiger partial charge in [0.05, 0.1) is 25.2 Å². The second kappa shape index (κ2) is 6.91.